The van der Waals surface area contributed by atoms with E-state index in [1.165, 1.54) is 0 Å². The molecule has 0 fully saturated rings. The highest BCUT2D eigenvalue weighted by Crippen LogP contribution is 2.12. The maximum absolute atomic E-state index is 12.9. The number of quaternary nitrogens is 1. The first-order valence-corrected chi connectivity index (χ1v) is 29.9. The molecule has 0 aromatic heterocycles. The Hall–Kier alpha value is -5.61. The lowest BCUT2D eigenvalue weighted by atomic mass is 10.1. The zero-order valence-electron chi connectivity index (χ0n) is 49.9. The molecular weight excluding hydrogens is 983 g/mol. The molecule has 0 bridgehead atoms. The van der Waals surface area contributed by atoms with Crippen molar-refractivity contribution in [1.29, 1.82) is 0 Å². The third-order valence-corrected chi connectivity index (χ3v) is 11.7. The smallest absolute Gasteiger partial charge is 0.361 e. The molecule has 1 N–H and O–H groups in total. The van der Waals surface area contributed by atoms with E-state index in [0.717, 1.165) is 141 Å². The van der Waals surface area contributed by atoms with Gasteiger partial charge in [0, 0.05) is 12.8 Å². The molecule has 0 aromatic rings. The van der Waals surface area contributed by atoms with E-state index >= 15 is 0 Å². The van der Waals surface area contributed by atoms with Gasteiger partial charge >= 0.3 is 17.9 Å². The van der Waals surface area contributed by atoms with E-state index in [1.807, 2.05) is 21.1 Å². The molecular formula is C70H108NO8+. The van der Waals surface area contributed by atoms with Gasteiger partial charge in [0.05, 0.1) is 34.4 Å². The Balaban J connectivity index is 4.33. The molecule has 440 valence electrons. The van der Waals surface area contributed by atoms with Crippen molar-refractivity contribution in [2.24, 2.45) is 0 Å². The van der Waals surface area contributed by atoms with Crippen LogP contribution in [0.15, 0.2) is 182 Å². The maximum Gasteiger partial charge on any atom is 0.361 e. The molecule has 2 unspecified atom stereocenters. The molecule has 0 spiro atoms. The van der Waals surface area contributed by atoms with Crippen LogP contribution in [0.2, 0.25) is 0 Å². The van der Waals surface area contributed by atoms with Crippen LogP contribution >= 0.6 is 0 Å². The topological polar surface area (TPSA) is 108 Å². The summed E-state index contributed by atoms with van der Waals surface area (Å²) in [6.07, 6.45) is 87.0. The predicted octanol–water partition coefficient (Wildman–Crippen LogP) is 18.1. The van der Waals surface area contributed by atoms with Gasteiger partial charge in [-0.3, -0.25) is 9.59 Å². The standard InChI is InChI=1S/C70H107NO8/c1-6-8-10-12-14-16-18-20-22-23-24-25-26-27-28-29-30-31-32-33-34-35-36-37-38-39-40-41-42-43-44-45-47-49-51-53-55-57-59-61-68(73)79-66(65-78-70(69(74)75)76-63-62-71(3,4)5)64-77-67(72)60-58-56-54-52-50-48-46-21-19-17-15-13-11-9-7-2/h8-11,14-17,20-22,24-25,27-28,30-31,33-34,36-37,39-40,42-43,45-47,51,53,66,70H,6-7,12-13,18-19,23,26,29,32,35,38,41,44,48-50,52,54-65H2,1-5H3/p+1/b10-8-,11-9-,16-14-,17-15-,22-20-,25-24-,28-27-,31-30-,34-33-,37-36-,40-39-,43-42-,46-21-,47-45-,53-51-. The molecule has 79 heavy (non-hydrogen) atoms. The first kappa shape index (κ1) is 73.4. The highest BCUT2D eigenvalue weighted by Gasteiger charge is 2.25. The van der Waals surface area contributed by atoms with Crippen molar-refractivity contribution in [2.45, 2.75) is 193 Å². The number of unbranched alkanes of at least 4 members (excludes halogenated alkanes) is 7. The molecule has 0 aliphatic rings. The quantitative estimate of drug-likeness (QED) is 0.0211. The van der Waals surface area contributed by atoms with Gasteiger partial charge in [-0.1, -0.05) is 215 Å². The minimum atomic E-state index is -1.54. The first-order valence-electron chi connectivity index (χ1n) is 29.9. The van der Waals surface area contributed by atoms with Gasteiger partial charge < -0.3 is 28.5 Å². The number of likely N-dealkylation sites (N-methyl/N-ethyl adjacent to an activating group) is 1. The maximum atomic E-state index is 12.9. The number of hydrogen-bond donors (Lipinski definition) is 1. The molecule has 9 heteroatoms. The van der Waals surface area contributed by atoms with E-state index in [2.05, 4.69) is 196 Å². The Morgan fingerprint density at radius 3 is 1.04 bits per heavy atom. The molecule has 0 saturated heterocycles. The molecule has 2 atom stereocenters. The van der Waals surface area contributed by atoms with Crippen molar-refractivity contribution in [1.82, 2.24) is 0 Å². The SMILES string of the molecule is CC/C=C\C/C=C\C/C=C\C/C=C\C/C=C\C/C=C\C/C=C\C/C=C\C/C=C\C/C=C\C/C=C\C/C=C\CCCCC(=O)OC(COC(=O)CCCCCCC/C=C\C/C=C\C/C=C\CC)COC(OCC[N+](C)(C)C)C(=O)O. The fourth-order valence-corrected chi connectivity index (χ4v) is 7.12. The number of esters is 2. The van der Waals surface area contributed by atoms with Crippen molar-refractivity contribution in [3.8, 4) is 0 Å². The van der Waals surface area contributed by atoms with Crippen LogP contribution in [0.4, 0.5) is 0 Å². The van der Waals surface area contributed by atoms with Crippen LogP contribution in [0.25, 0.3) is 0 Å². The zero-order valence-corrected chi connectivity index (χ0v) is 49.9. The minimum absolute atomic E-state index is 0.165. The van der Waals surface area contributed by atoms with Crippen LogP contribution in [-0.2, 0) is 33.3 Å². The van der Waals surface area contributed by atoms with Gasteiger partial charge in [0.2, 0.25) is 0 Å². The first-order chi connectivity index (χ1) is 38.6. The highest BCUT2D eigenvalue weighted by atomic mass is 16.7. The molecule has 0 aliphatic heterocycles. The molecule has 0 aliphatic carbocycles. The van der Waals surface area contributed by atoms with E-state index in [4.69, 9.17) is 18.9 Å². The summed E-state index contributed by atoms with van der Waals surface area (Å²) in [5, 5.41) is 9.69. The second-order valence-electron chi connectivity index (χ2n) is 20.2. The number of carboxylic acids is 1. The average Bonchev–Trinajstić information content (AvgIpc) is 3.42. The minimum Gasteiger partial charge on any atom is -0.477 e. The fraction of sp³-hybridized carbons (Fsp3) is 0.529. The second kappa shape index (κ2) is 58.5. The number of rotatable bonds is 52. The average molecular weight is 1090 g/mol. The Kier molecular flexibility index (Phi) is 54.4. The van der Waals surface area contributed by atoms with Crippen molar-refractivity contribution in [3.05, 3.63) is 182 Å². The number of carbonyl (C=O) groups is 3. The molecule has 0 amide bonds. The highest BCUT2D eigenvalue weighted by molar-refractivity contribution is 5.71. The molecule has 9 nitrogen and oxygen atoms in total. The Labute approximate surface area is 481 Å². The van der Waals surface area contributed by atoms with Crippen molar-refractivity contribution < 1.29 is 42.9 Å². The number of hydrogen-bond acceptors (Lipinski definition) is 7. The van der Waals surface area contributed by atoms with Crippen LogP contribution in [0, 0.1) is 0 Å². The van der Waals surface area contributed by atoms with E-state index in [-0.39, 0.29) is 38.6 Å². The van der Waals surface area contributed by atoms with Gasteiger partial charge in [-0.05, 0) is 135 Å². The largest absolute Gasteiger partial charge is 0.477 e. The van der Waals surface area contributed by atoms with Crippen molar-refractivity contribution >= 4 is 17.9 Å². The van der Waals surface area contributed by atoms with Gasteiger partial charge in [-0.2, -0.15) is 0 Å². The normalized spacial score (nSPS) is 14.1. The molecule has 0 heterocycles. The summed E-state index contributed by atoms with van der Waals surface area (Å²) in [7, 11) is 5.93. The summed E-state index contributed by atoms with van der Waals surface area (Å²) in [5.41, 5.74) is 0. The summed E-state index contributed by atoms with van der Waals surface area (Å²) in [5.74, 6) is -2.12. The lowest BCUT2D eigenvalue weighted by molar-refractivity contribution is -0.870. The van der Waals surface area contributed by atoms with Crippen LogP contribution in [0.3, 0.4) is 0 Å². The number of nitrogens with zero attached hydrogens (tertiary/aromatic N) is 1. The van der Waals surface area contributed by atoms with Crippen LogP contribution in [0.1, 0.15) is 181 Å². The number of carboxylic acid groups (broad SMARTS) is 1. The molecule has 0 saturated carbocycles. The third-order valence-electron chi connectivity index (χ3n) is 11.7. The van der Waals surface area contributed by atoms with Crippen molar-refractivity contribution in [2.75, 3.05) is 47.5 Å². The van der Waals surface area contributed by atoms with E-state index in [0.29, 0.717) is 23.9 Å². The fourth-order valence-electron chi connectivity index (χ4n) is 7.12. The third kappa shape index (κ3) is 59.9. The van der Waals surface area contributed by atoms with Crippen LogP contribution in [0.5, 0.6) is 0 Å². The Morgan fingerprint density at radius 2 is 0.684 bits per heavy atom. The number of ether oxygens (including phenoxy) is 4. The summed E-state index contributed by atoms with van der Waals surface area (Å²) in [6.45, 7) is 4.53. The molecule has 0 aromatic carbocycles. The van der Waals surface area contributed by atoms with E-state index in [9.17, 15) is 19.5 Å². The van der Waals surface area contributed by atoms with E-state index in [1.54, 1.807) is 0 Å². The van der Waals surface area contributed by atoms with Crippen LogP contribution < -0.4 is 0 Å². The number of aliphatic carboxylic acids is 1. The molecule has 0 radical (unpaired) electrons. The predicted molar refractivity (Wildman–Crippen MR) is 336 cm³/mol. The molecule has 0 rings (SSSR count). The summed E-state index contributed by atoms with van der Waals surface area (Å²) in [4.78, 5) is 37.4. The lowest BCUT2D eigenvalue weighted by Gasteiger charge is -2.25. The number of carbonyl (C=O) groups excluding carboxylic acids is 2. The monoisotopic (exact) mass is 1090 g/mol. The Bertz CT molecular complexity index is 1940. The van der Waals surface area contributed by atoms with Gasteiger partial charge in [0.15, 0.2) is 6.10 Å². The van der Waals surface area contributed by atoms with Crippen LogP contribution in [-0.4, -0.2) is 87.4 Å². The van der Waals surface area contributed by atoms with Gasteiger partial charge in [0.25, 0.3) is 6.29 Å². The summed E-state index contributed by atoms with van der Waals surface area (Å²) < 4.78 is 22.7. The zero-order chi connectivity index (χ0) is 57.6. The van der Waals surface area contributed by atoms with E-state index < -0.39 is 24.3 Å². The van der Waals surface area contributed by atoms with Crippen molar-refractivity contribution in [3.63, 3.8) is 0 Å². The van der Waals surface area contributed by atoms with Gasteiger partial charge in [-0.25, -0.2) is 4.79 Å². The summed E-state index contributed by atoms with van der Waals surface area (Å²) in [6, 6.07) is 0. The lowest BCUT2D eigenvalue weighted by Crippen LogP contribution is -2.40. The number of allylic oxidation sites excluding steroid dienone is 30. The van der Waals surface area contributed by atoms with Gasteiger partial charge in [0.1, 0.15) is 13.2 Å². The summed E-state index contributed by atoms with van der Waals surface area (Å²) >= 11 is 0. The Morgan fingerprint density at radius 1 is 0.380 bits per heavy atom. The second-order valence-corrected chi connectivity index (χ2v) is 20.2. The van der Waals surface area contributed by atoms with Gasteiger partial charge in [-0.15, -0.1) is 0 Å².